The van der Waals surface area contributed by atoms with E-state index in [2.05, 4.69) is 47.1 Å². The molecule has 9 nitrogen and oxygen atoms in total. The van der Waals surface area contributed by atoms with E-state index in [4.69, 9.17) is 4.74 Å². The number of fused-ring (bicyclic) bond motifs is 1. The smallest absolute Gasteiger partial charge is 0.266 e. The summed E-state index contributed by atoms with van der Waals surface area (Å²) in [6.07, 6.45) is 1.97. The Balaban J connectivity index is 1.42. The van der Waals surface area contributed by atoms with Gasteiger partial charge in [-0.1, -0.05) is 0 Å². The number of aromatic nitrogens is 1. The van der Waals surface area contributed by atoms with Crippen molar-refractivity contribution in [2.45, 2.75) is 18.9 Å². The fraction of sp³-hybridized carbons (Fsp3) is 0.417. The molecule has 2 aromatic heterocycles. The molecule has 0 spiro atoms. The molecule has 186 valence electrons. The molecule has 5 rings (SSSR count). The van der Waals surface area contributed by atoms with Crippen LogP contribution in [0.1, 0.15) is 32.9 Å². The zero-order valence-electron chi connectivity index (χ0n) is 19.5. The number of benzene rings is 1. The van der Waals surface area contributed by atoms with E-state index in [0.717, 1.165) is 78.3 Å². The van der Waals surface area contributed by atoms with E-state index in [1.165, 1.54) is 11.3 Å². The van der Waals surface area contributed by atoms with E-state index >= 15 is 0 Å². The minimum Gasteiger partial charge on any atom is -0.386 e. The van der Waals surface area contributed by atoms with Crippen LogP contribution in [-0.4, -0.2) is 74.2 Å². The van der Waals surface area contributed by atoms with Crippen molar-refractivity contribution in [2.75, 3.05) is 62.4 Å². The van der Waals surface area contributed by atoms with Gasteiger partial charge < -0.3 is 31.0 Å². The van der Waals surface area contributed by atoms with Crippen LogP contribution in [0.2, 0.25) is 0 Å². The number of rotatable bonds is 9. The monoisotopic (exact) mass is 560 g/mol. The molecule has 35 heavy (non-hydrogen) atoms. The molecule has 1 saturated heterocycles. The first kappa shape index (κ1) is 24.1. The van der Waals surface area contributed by atoms with Crippen molar-refractivity contribution >= 4 is 67.2 Å². The number of anilines is 3. The molecule has 0 radical (unpaired) electrons. The van der Waals surface area contributed by atoms with Crippen LogP contribution in [0, 0.1) is 0 Å². The van der Waals surface area contributed by atoms with Crippen molar-refractivity contribution in [3.63, 3.8) is 0 Å². The predicted molar refractivity (Wildman–Crippen MR) is 144 cm³/mol. The Kier molecular flexibility index (Phi) is 7.28. The van der Waals surface area contributed by atoms with Gasteiger partial charge in [-0.3, -0.25) is 14.5 Å². The first-order chi connectivity index (χ1) is 17.0. The van der Waals surface area contributed by atoms with Crippen LogP contribution in [0.3, 0.4) is 0 Å². The molecule has 0 atom stereocenters. The maximum Gasteiger partial charge on any atom is 0.266 e. The Labute approximate surface area is 216 Å². The average Bonchev–Trinajstić information content (AvgIpc) is 3.44. The molecule has 11 heteroatoms. The molecule has 3 aromatic rings. The van der Waals surface area contributed by atoms with Crippen molar-refractivity contribution in [2.24, 2.45) is 0 Å². The van der Waals surface area contributed by atoms with Gasteiger partial charge in [-0.25, -0.2) is 0 Å². The van der Waals surface area contributed by atoms with E-state index in [1.807, 2.05) is 25.2 Å². The molecule has 2 amide bonds. The van der Waals surface area contributed by atoms with E-state index in [1.54, 1.807) is 6.07 Å². The summed E-state index contributed by atoms with van der Waals surface area (Å²) in [4.78, 5) is 32.3. The van der Waals surface area contributed by atoms with Crippen LogP contribution in [0.5, 0.6) is 0 Å². The number of carbonyl (C=O) groups is 2. The van der Waals surface area contributed by atoms with Gasteiger partial charge in [0, 0.05) is 44.7 Å². The maximum atomic E-state index is 13.2. The van der Waals surface area contributed by atoms with Crippen LogP contribution in [0.15, 0.2) is 28.1 Å². The molecule has 2 fully saturated rings. The Bertz CT molecular complexity index is 1230. The molecule has 1 saturated carbocycles. The van der Waals surface area contributed by atoms with Gasteiger partial charge in [-0.05, 0) is 53.0 Å². The summed E-state index contributed by atoms with van der Waals surface area (Å²) in [6, 6.07) is 7.74. The molecule has 5 N–H and O–H groups in total. The van der Waals surface area contributed by atoms with Gasteiger partial charge in [0.15, 0.2) is 0 Å². The number of ether oxygens (including phenoxy) is 1. The summed E-state index contributed by atoms with van der Waals surface area (Å²) < 4.78 is 6.30. The summed E-state index contributed by atoms with van der Waals surface area (Å²) in [5.41, 5.74) is 3.05. The Morgan fingerprint density at radius 1 is 1.17 bits per heavy atom. The standard InChI is InChI=1S/C24H29BrN6O3S/c1-26-17-12-15-16(13-18(17)27-6-7-31-8-10-34-11-9-31)29-22(21(15)24(33)28-14-2-3-14)30-23(32)19-4-5-20(25)35-19/h4-5,12-14,26-27,29H,2-3,6-11H2,1H3,(H,28,33)(H,30,32). The Morgan fingerprint density at radius 2 is 1.97 bits per heavy atom. The summed E-state index contributed by atoms with van der Waals surface area (Å²) in [7, 11) is 1.86. The van der Waals surface area contributed by atoms with Gasteiger partial charge in [-0.15, -0.1) is 11.3 Å². The van der Waals surface area contributed by atoms with Gasteiger partial charge in [0.2, 0.25) is 0 Å². The number of thiophene rings is 1. The minimum absolute atomic E-state index is 0.184. The largest absolute Gasteiger partial charge is 0.386 e. The number of halogens is 1. The number of H-pyrrole nitrogens is 1. The topological polar surface area (TPSA) is 111 Å². The third-order valence-electron chi connectivity index (χ3n) is 6.23. The van der Waals surface area contributed by atoms with Crippen molar-refractivity contribution in [3.8, 4) is 0 Å². The molecule has 0 bridgehead atoms. The molecule has 3 heterocycles. The summed E-state index contributed by atoms with van der Waals surface area (Å²) in [6.45, 7) is 5.14. The number of nitrogens with zero attached hydrogens (tertiary/aromatic N) is 1. The van der Waals surface area contributed by atoms with Crippen LogP contribution >= 0.6 is 27.3 Å². The van der Waals surface area contributed by atoms with Crippen LogP contribution in [0.25, 0.3) is 10.9 Å². The Hall–Kier alpha value is -2.60. The van der Waals surface area contributed by atoms with Crippen LogP contribution < -0.4 is 21.3 Å². The summed E-state index contributed by atoms with van der Waals surface area (Å²) in [5.74, 6) is -0.0397. The molecule has 1 aliphatic heterocycles. The van der Waals surface area contributed by atoms with Crippen molar-refractivity contribution < 1.29 is 14.3 Å². The molecule has 1 aromatic carbocycles. The minimum atomic E-state index is -0.259. The fourth-order valence-electron chi connectivity index (χ4n) is 4.19. The number of hydrogen-bond acceptors (Lipinski definition) is 7. The van der Waals surface area contributed by atoms with Crippen molar-refractivity contribution in [3.05, 3.63) is 38.5 Å². The van der Waals surface area contributed by atoms with E-state index < -0.39 is 0 Å². The van der Waals surface area contributed by atoms with E-state index in [-0.39, 0.29) is 17.9 Å². The number of carbonyl (C=O) groups excluding carboxylic acids is 2. The number of morpholine rings is 1. The highest BCUT2D eigenvalue weighted by Gasteiger charge is 2.28. The zero-order chi connectivity index (χ0) is 24.4. The second-order valence-corrected chi connectivity index (χ2v) is 11.2. The predicted octanol–water partition coefficient (Wildman–Crippen LogP) is 3.92. The van der Waals surface area contributed by atoms with Crippen LogP contribution in [0.4, 0.5) is 17.2 Å². The lowest BCUT2D eigenvalue weighted by Gasteiger charge is -2.26. The zero-order valence-corrected chi connectivity index (χ0v) is 21.9. The maximum absolute atomic E-state index is 13.2. The number of hydrogen-bond donors (Lipinski definition) is 5. The molecule has 0 unspecified atom stereocenters. The fourth-order valence-corrected chi connectivity index (χ4v) is 5.48. The molecular weight excluding hydrogens is 532 g/mol. The summed E-state index contributed by atoms with van der Waals surface area (Å²) in [5, 5.41) is 13.5. The lowest BCUT2D eigenvalue weighted by atomic mass is 10.1. The average molecular weight is 562 g/mol. The lowest BCUT2D eigenvalue weighted by molar-refractivity contribution is 0.0398. The SMILES string of the molecule is CNc1cc2c(C(=O)NC3CC3)c(NC(=O)c3ccc(Br)s3)[nH]c2cc1NCCN1CCOCC1. The first-order valence-electron chi connectivity index (χ1n) is 11.8. The second-order valence-electron chi connectivity index (χ2n) is 8.75. The highest BCUT2D eigenvalue weighted by molar-refractivity contribution is 9.11. The van der Waals surface area contributed by atoms with Gasteiger partial charge in [-0.2, -0.15) is 0 Å². The number of nitrogens with one attached hydrogen (secondary N) is 5. The highest BCUT2D eigenvalue weighted by atomic mass is 79.9. The third kappa shape index (κ3) is 5.64. The number of aromatic amines is 1. The lowest BCUT2D eigenvalue weighted by Crippen LogP contribution is -2.39. The van der Waals surface area contributed by atoms with E-state index in [9.17, 15) is 9.59 Å². The van der Waals surface area contributed by atoms with E-state index in [0.29, 0.717) is 16.3 Å². The normalized spacial score (nSPS) is 16.3. The summed E-state index contributed by atoms with van der Waals surface area (Å²) >= 11 is 4.74. The quantitative estimate of drug-likeness (QED) is 0.271. The van der Waals surface area contributed by atoms with Gasteiger partial charge in [0.1, 0.15) is 5.82 Å². The van der Waals surface area contributed by atoms with Gasteiger partial charge in [0.25, 0.3) is 11.8 Å². The first-order valence-corrected chi connectivity index (χ1v) is 13.4. The number of amides is 2. The van der Waals surface area contributed by atoms with Gasteiger partial charge >= 0.3 is 0 Å². The molecule has 1 aliphatic carbocycles. The second kappa shape index (κ2) is 10.6. The van der Waals surface area contributed by atoms with Crippen molar-refractivity contribution in [1.82, 2.24) is 15.2 Å². The van der Waals surface area contributed by atoms with Gasteiger partial charge in [0.05, 0.1) is 44.3 Å². The van der Waals surface area contributed by atoms with Crippen molar-refractivity contribution in [1.29, 1.82) is 0 Å². The highest BCUT2D eigenvalue weighted by Crippen LogP contribution is 2.35. The molecule has 2 aliphatic rings. The molecular formula is C24H29BrN6O3S. The third-order valence-corrected chi connectivity index (χ3v) is 7.85. The van der Waals surface area contributed by atoms with Crippen LogP contribution in [-0.2, 0) is 4.74 Å². The Morgan fingerprint density at radius 3 is 2.66 bits per heavy atom.